The molecule has 0 aliphatic carbocycles. The number of hydrogen-bond acceptors (Lipinski definition) is 3. The van der Waals surface area contributed by atoms with Crippen LogP contribution in [0.5, 0.6) is 0 Å². The molecule has 0 aromatic heterocycles. The number of ether oxygens (including phenoxy) is 1. The molecule has 2 unspecified atom stereocenters. The fraction of sp³-hybridized carbons (Fsp3) is 0.600. The first-order chi connectivity index (χ1) is 9.00. The molecule has 1 rings (SSSR count). The maximum absolute atomic E-state index is 9.81. The van der Waals surface area contributed by atoms with Gasteiger partial charge in [0.15, 0.2) is 0 Å². The normalized spacial score (nSPS) is 14.6. The van der Waals surface area contributed by atoms with Gasteiger partial charge in [-0.15, -0.1) is 0 Å². The van der Waals surface area contributed by atoms with Crippen molar-refractivity contribution in [3.8, 4) is 0 Å². The van der Waals surface area contributed by atoms with Crippen LogP contribution in [0.2, 0.25) is 5.02 Å². The number of aliphatic hydroxyl groups is 1. The molecule has 0 saturated carbocycles. The van der Waals surface area contributed by atoms with Crippen molar-refractivity contribution in [1.82, 2.24) is 5.32 Å². The summed E-state index contributed by atoms with van der Waals surface area (Å²) in [7, 11) is 0. The molecule has 2 atom stereocenters. The van der Waals surface area contributed by atoms with Gasteiger partial charge in [-0.1, -0.05) is 43.6 Å². The van der Waals surface area contributed by atoms with E-state index in [1.165, 1.54) is 0 Å². The Balaban J connectivity index is 2.30. The summed E-state index contributed by atoms with van der Waals surface area (Å²) in [6, 6.07) is 7.83. The van der Waals surface area contributed by atoms with Crippen LogP contribution in [0.1, 0.15) is 32.4 Å². The van der Waals surface area contributed by atoms with Gasteiger partial charge >= 0.3 is 0 Å². The third-order valence-corrected chi connectivity index (χ3v) is 3.14. The molecule has 1 aromatic carbocycles. The molecular formula is C15H24ClNO2. The Kier molecular flexibility index (Phi) is 7.39. The van der Waals surface area contributed by atoms with Crippen LogP contribution in [-0.2, 0) is 4.74 Å². The first kappa shape index (κ1) is 16.4. The quantitative estimate of drug-likeness (QED) is 0.771. The number of aliphatic hydroxyl groups excluding tert-OH is 1. The largest absolute Gasteiger partial charge is 0.389 e. The van der Waals surface area contributed by atoms with Crippen LogP contribution in [0.3, 0.4) is 0 Å². The predicted molar refractivity (Wildman–Crippen MR) is 79.5 cm³/mol. The van der Waals surface area contributed by atoms with E-state index < -0.39 is 6.10 Å². The van der Waals surface area contributed by atoms with Gasteiger partial charge in [-0.3, -0.25) is 0 Å². The van der Waals surface area contributed by atoms with E-state index in [0.717, 1.165) is 10.6 Å². The summed E-state index contributed by atoms with van der Waals surface area (Å²) in [5.74, 6) is 0.488. The molecule has 108 valence electrons. The molecule has 0 radical (unpaired) electrons. The maximum Gasteiger partial charge on any atom is 0.0897 e. The molecular weight excluding hydrogens is 262 g/mol. The Labute approximate surface area is 120 Å². The highest BCUT2D eigenvalue weighted by molar-refractivity contribution is 6.31. The highest BCUT2D eigenvalue weighted by Crippen LogP contribution is 2.21. The maximum atomic E-state index is 9.81. The molecule has 0 heterocycles. The Morgan fingerprint density at radius 3 is 2.53 bits per heavy atom. The van der Waals surface area contributed by atoms with E-state index in [2.05, 4.69) is 19.2 Å². The zero-order chi connectivity index (χ0) is 14.3. The predicted octanol–water partition coefficient (Wildman–Crippen LogP) is 3.02. The summed E-state index contributed by atoms with van der Waals surface area (Å²) in [5, 5.41) is 13.8. The number of rotatable bonds is 8. The van der Waals surface area contributed by atoms with Gasteiger partial charge < -0.3 is 15.2 Å². The lowest BCUT2D eigenvalue weighted by Crippen LogP contribution is -2.32. The molecule has 0 spiro atoms. The van der Waals surface area contributed by atoms with Gasteiger partial charge in [-0.05, 0) is 24.5 Å². The first-order valence-corrected chi connectivity index (χ1v) is 7.12. The summed E-state index contributed by atoms with van der Waals surface area (Å²) < 4.78 is 5.40. The minimum absolute atomic E-state index is 0.105. The molecule has 0 aliphatic heterocycles. The Hall–Kier alpha value is -0.610. The average Bonchev–Trinajstić information content (AvgIpc) is 2.36. The third-order valence-electron chi connectivity index (χ3n) is 2.79. The van der Waals surface area contributed by atoms with E-state index in [-0.39, 0.29) is 6.04 Å². The second-order valence-electron chi connectivity index (χ2n) is 5.24. The monoisotopic (exact) mass is 285 g/mol. The summed E-state index contributed by atoms with van der Waals surface area (Å²) in [5.41, 5.74) is 1.04. The Morgan fingerprint density at radius 1 is 1.21 bits per heavy atom. The molecule has 0 aliphatic rings. The summed E-state index contributed by atoms with van der Waals surface area (Å²) in [6.45, 7) is 7.74. The minimum atomic E-state index is -0.497. The van der Waals surface area contributed by atoms with Crippen molar-refractivity contribution in [1.29, 1.82) is 0 Å². The van der Waals surface area contributed by atoms with Crippen LogP contribution in [0.15, 0.2) is 24.3 Å². The van der Waals surface area contributed by atoms with E-state index in [9.17, 15) is 5.11 Å². The zero-order valence-electron chi connectivity index (χ0n) is 11.9. The second kappa shape index (κ2) is 8.54. The van der Waals surface area contributed by atoms with Gasteiger partial charge in [0.05, 0.1) is 12.7 Å². The Morgan fingerprint density at radius 2 is 1.89 bits per heavy atom. The zero-order valence-corrected chi connectivity index (χ0v) is 12.7. The van der Waals surface area contributed by atoms with Crippen molar-refractivity contribution in [3.05, 3.63) is 34.9 Å². The fourth-order valence-electron chi connectivity index (χ4n) is 1.75. The van der Waals surface area contributed by atoms with E-state index >= 15 is 0 Å². The molecule has 0 fully saturated rings. The van der Waals surface area contributed by atoms with Gasteiger partial charge in [0.1, 0.15) is 0 Å². The lowest BCUT2D eigenvalue weighted by molar-refractivity contribution is 0.0252. The number of hydrogen-bond donors (Lipinski definition) is 2. The van der Waals surface area contributed by atoms with Gasteiger partial charge in [-0.25, -0.2) is 0 Å². The molecule has 3 nitrogen and oxygen atoms in total. The first-order valence-electron chi connectivity index (χ1n) is 6.74. The van der Waals surface area contributed by atoms with Crippen molar-refractivity contribution in [2.75, 3.05) is 19.8 Å². The molecule has 0 bridgehead atoms. The van der Waals surface area contributed by atoms with Crippen molar-refractivity contribution >= 4 is 11.6 Å². The molecule has 2 N–H and O–H groups in total. The number of nitrogens with one attached hydrogen (secondary N) is 1. The van der Waals surface area contributed by atoms with Crippen LogP contribution in [0.4, 0.5) is 0 Å². The van der Waals surface area contributed by atoms with Crippen LogP contribution < -0.4 is 5.32 Å². The molecule has 0 amide bonds. The third kappa shape index (κ3) is 6.39. The molecule has 4 heteroatoms. The topological polar surface area (TPSA) is 41.5 Å². The van der Waals surface area contributed by atoms with Gasteiger partial charge in [-0.2, -0.15) is 0 Å². The number of benzene rings is 1. The summed E-state index contributed by atoms with van der Waals surface area (Å²) in [6.07, 6.45) is -0.497. The lowest BCUT2D eigenvalue weighted by Gasteiger charge is -2.18. The Bertz CT molecular complexity index is 371. The standard InChI is InChI=1S/C15H24ClNO2/c1-11(2)9-19-10-13(18)8-17-12(3)14-6-4-5-7-15(14)16/h4-7,11-13,17-18H,8-10H2,1-3H3. The molecule has 1 aromatic rings. The molecule has 19 heavy (non-hydrogen) atoms. The SMILES string of the molecule is CC(C)COCC(O)CNC(C)c1ccccc1Cl. The highest BCUT2D eigenvalue weighted by Gasteiger charge is 2.11. The highest BCUT2D eigenvalue weighted by atomic mass is 35.5. The van der Waals surface area contributed by atoms with Gasteiger partial charge in [0, 0.05) is 24.2 Å². The van der Waals surface area contributed by atoms with E-state index in [1.54, 1.807) is 0 Å². The van der Waals surface area contributed by atoms with E-state index in [0.29, 0.717) is 25.7 Å². The fourth-order valence-corrected chi connectivity index (χ4v) is 2.05. The van der Waals surface area contributed by atoms with Crippen molar-refractivity contribution in [2.45, 2.75) is 32.9 Å². The van der Waals surface area contributed by atoms with Crippen LogP contribution >= 0.6 is 11.6 Å². The smallest absolute Gasteiger partial charge is 0.0897 e. The minimum Gasteiger partial charge on any atom is -0.389 e. The average molecular weight is 286 g/mol. The van der Waals surface area contributed by atoms with Crippen LogP contribution in [0.25, 0.3) is 0 Å². The number of halogens is 1. The van der Waals surface area contributed by atoms with E-state index in [1.807, 2.05) is 31.2 Å². The van der Waals surface area contributed by atoms with Gasteiger partial charge in [0.25, 0.3) is 0 Å². The van der Waals surface area contributed by atoms with Crippen molar-refractivity contribution in [3.63, 3.8) is 0 Å². The van der Waals surface area contributed by atoms with Crippen LogP contribution in [-0.4, -0.2) is 31.0 Å². The van der Waals surface area contributed by atoms with Crippen molar-refractivity contribution < 1.29 is 9.84 Å². The molecule has 0 saturated heterocycles. The summed E-state index contributed by atoms with van der Waals surface area (Å²) in [4.78, 5) is 0. The van der Waals surface area contributed by atoms with Crippen LogP contribution in [0, 0.1) is 5.92 Å². The second-order valence-corrected chi connectivity index (χ2v) is 5.64. The van der Waals surface area contributed by atoms with Gasteiger partial charge in [0.2, 0.25) is 0 Å². The van der Waals surface area contributed by atoms with E-state index in [4.69, 9.17) is 16.3 Å². The van der Waals surface area contributed by atoms with Crippen molar-refractivity contribution in [2.24, 2.45) is 5.92 Å². The lowest BCUT2D eigenvalue weighted by atomic mass is 10.1. The summed E-state index contributed by atoms with van der Waals surface area (Å²) >= 11 is 6.13.